The molecule has 3 rings (SSSR count). The Labute approximate surface area is 199 Å². The van der Waals surface area contributed by atoms with Crippen LogP contribution in [0.1, 0.15) is 41.6 Å². The average molecular weight is 542 g/mol. The van der Waals surface area contributed by atoms with Crippen molar-refractivity contribution in [2.24, 2.45) is 0 Å². The van der Waals surface area contributed by atoms with Crippen LogP contribution in [-0.4, -0.2) is 40.0 Å². The second-order valence-corrected chi connectivity index (χ2v) is 12.7. The standard InChI is InChI=1S/C21H20ClF4NO5S2/c1-33(29,30)15-5-6-17(18(22)12-15)19(28)27-14-7-9-20(23,10-8-14)34(31,32)16-4-2-3-13(11-16)21(24,25)26/h2-6,11-12,14H,7-10H2,1H3,(H,27,28)/t14-,20-. The summed E-state index contributed by atoms with van der Waals surface area (Å²) in [5.74, 6) is -0.651. The molecule has 2 aromatic carbocycles. The van der Waals surface area contributed by atoms with E-state index in [0.717, 1.165) is 24.5 Å². The monoisotopic (exact) mass is 541 g/mol. The van der Waals surface area contributed by atoms with Gasteiger partial charge in [0.15, 0.2) is 9.84 Å². The number of rotatable bonds is 5. The first-order valence-electron chi connectivity index (χ1n) is 9.96. The van der Waals surface area contributed by atoms with Crippen molar-refractivity contribution in [2.45, 2.75) is 52.7 Å². The first kappa shape index (κ1) is 26.4. The molecular weight excluding hydrogens is 522 g/mol. The van der Waals surface area contributed by atoms with E-state index in [1.807, 2.05) is 0 Å². The lowest BCUT2D eigenvalue weighted by Gasteiger charge is -2.34. The van der Waals surface area contributed by atoms with Gasteiger partial charge in [-0.1, -0.05) is 17.7 Å². The lowest BCUT2D eigenvalue weighted by Crippen LogP contribution is -2.45. The topological polar surface area (TPSA) is 97.4 Å². The minimum absolute atomic E-state index is 0.0114. The fourth-order valence-corrected chi connectivity index (χ4v) is 6.40. The Morgan fingerprint density at radius 1 is 1.03 bits per heavy atom. The number of alkyl halides is 4. The molecule has 1 N–H and O–H groups in total. The van der Waals surface area contributed by atoms with Gasteiger partial charge < -0.3 is 5.32 Å². The van der Waals surface area contributed by atoms with E-state index >= 15 is 4.39 Å². The quantitative estimate of drug-likeness (QED) is 0.559. The highest BCUT2D eigenvalue weighted by atomic mass is 35.5. The summed E-state index contributed by atoms with van der Waals surface area (Å²) in [5, 5.41) is -0.284. The Bertz CT molecular complexity index is 1320. The molecule has 186 valence electrons. The lowest BCUT2D eigenvalue weighted by molar-refractivity contribution is -0.137. The third-order valence-electron chi connectivity index (χ3n) is 5.63. The number of sulfone groups is 2. The third kappa shape index (κ3) is 5.38. The van der Waals surface area contributed by atoms with Gasteiger partial charge in [0.05, 0.1) is 25.9 Å². The summed E-state index contributed by atoms with van der Waals surface area (Å²) in [7, 11) is -8.26. The highest BCUT2D eigenvalue weighted by Crippen LogP contribution is 2.41. The van der Waals surface area contributed by atoms with Crippen molar-refractivity contribution in [1.82, 2.24) is 5.32 Å². The number of benzene rings is 2. The molecule has 0 spiro atoms. The molecule has 2 aromatic rings. The summed E-state index contributed by atoms with van der Waals surface area (Å²) in [5.41, 5.74) is -1.21. The Kier molecular flexibility index (Phi) is 7.09. The molecule has 1 saturated carbocycles. The average Bonchev–Trinajstić information content (AvgIpc) is 2.74. The summed E-state index contributed by atoms with van der Waals surface area (Å²) in [4.78, 5) is 11.7. The minimum Gasteiger partial charge on any atom is -0.349 e. The molecule has 13 heteroatoms. The van der Waals surface area contributed by atoms with Gasteiger partial charge >= 0.3 is 6.18 Å². The molecule has 1 fully saturated rings. The van der Waals surface area contributed by atoms with Crippen LogP contribution >= 0.6 is 11.6 Å². The maximum atomic E-state index is 15.5. The number of halogens is 5. The summed E-state index contributed by atoms with van der Waals surface area (Å²) >= 11 is 6.02. The van der Waals surface area contributed by atoms with Gasteiger partial charge in [-0.2, -0.15) is 13.2 Å². The van der Waals surface area contributed by atoms with E-state index in [1.54, 1.807) is 0 Å². The molecule has 6 nitrogen and oxygen atoms in total. The largest absolute Gasteiger partial charge is 0.416 e. The minimum atomic E-state index is -4.78. The summed E-state index contributed by atoms with van der Waals surface area (Å²) in [6.07, 6.45) is -5.03. The Morgan fingerprint density at radius 3 is 2.18 bits per heavy atom. The van der Waals surface area contributed by atoms with Crippen LogP contribution < -0.4 is 5.32 Å². The van der Waals surface area contributed by atoms with Gasteiger partial charge in [0, 0.05) is 12.3 Å². The Balaban J connectivity index is 1.72. The Hall–Kier alpha value is -2.18. The molecule has 1 aliphatic carbocycles. The van der Waals surface area contributed by atoms with Crippen LogP contribution in [-0.2, 0) is 25.9 Å². The molecule has 0 aliphatic heterocycles. The van der Waals surface area contributed by atoms with Crippen molar-refractivity contribution in [3.05, 3.63) is 58.6 Å². The highest BCUT2D eigenvalue weighted by Gasteiger charge is 2.48. The first-order chi connectivity index (χ1) is 15.5. The molecule has 34 heavy (non-hydrogen) atoms. The summed E-state index contributed by atoms with van der Waals surface area (Å²) < 4.78 is 103. The maximum Gasteiger partial charge on any atom is 0.416 e. The van der Waals surface area contributed by atoms with Crippen LogP contribution in [0.15, 0.2) is 52.3 Å². The predicted octanol–water partition coefficient (Wildman–Crippen LogP) is 4.57. The second-order valence-electron chi connectivity index (χ2n) is 8.07. The third-order valence-corrected chi connectivity index (χ3v) is 9.30. The van der Waals surface area contributed by atoms with Gasteiger partial charge in [-0.25, -0.2) is 21.2 Å². The van der Waals surface area contributed by atoms with Crippen molar-refractivity contribution >= 4 is 37.2 Å². The molecule has 0 aromatic heterocycles. The number of carbonyl (C=O) groups is 1. The van der Waals surface area contributed by atoms with Crippen molar-refractivity contribution < 1.29 is 39.2 Å². The number of hydrogen-bond acceptors (Lipinski definition) is 5. The zero-order valence-electron chi connectivity index (χ0n) is 17.7. The molecule has 0 heterocycles. The van der Waals surface area contributed by atoms with E-state index in [2.05, 4.69) is 5.32 Å². The number of carbonyl (C=O) groups excluding carboxylic acids is 1. The smallest absolute Gasteiger partial charge is 0.349 e. The molecule has 0 atom stereocenters. The normalized spacial score (nSPS) is 21.8. The van der Waals surface area contributed by atoms with Crippen molar-refractivity contribution in [3.8, 4) is 0 Å². The van der Waals surface area contributed by atoms with Crippen LogP contribution in [0.25, 0.3) is 0 Å². The number of hydrogen-bond donors (Lipinski definition) is 1. The van der Waals surface area contributed by atoms with Crippen LogP contribution in [0.3, 0.4) is 0 Å². The van der Waals surface area contributed by atoms with E-state index in [-0.39, 0.29) is 28.3 Å². The molecular formula is C21H20ClF4NO5S2. The van der Waals surface area contributed by atoms with Crippen LogP contribution in [0.4, 0.5) is 17.6 Å². The highest BCUT2D eigenvalue weighted by molar-refractivity contribution is 7.92. The van der Waals surface area contributed by atoms with Crippen LogP contribution in [0.2, 0.25) is 5.02 Å². The van der Waals surface area contributed by atoms with E-state index in [0.29, 0.717) is 12.1 Å². The molecule has 1 aliphatic rings. The van der Waals surface area contributed by atoms with Crippen LogP contribution in [0, 0.1) is 0 Å². The molecule has 0 bridgehead atoms. The fraction of sp³-hybridized carbons (Fsp3) is 0.381. The molecule has 0 unspecified atom stereocenters. The summed E-state index contributed by atoms with van der Waals surface area (Å²) in [6, 6.07) is 5.89. The van der Waals surface area contributed by atoms with Crippen molar-refractivity contribution in [3.63, 3.8) is 0 Å². The van der Waals surface area contributed by atoms with Crippen LogP contribution in [0.5, 0.6) is 0 Å². The zero-order valence-corrected chi connectivity index (χ0v) is 20.1. The van der Waals surface area contributed by atoms with Gasteiger partial charge in [-0.15, -0.1) is 0 Å². The number of nitrogens with one attached hydrogen (secondary N) is 1. The van der Waals surface area contributed by atoms with Gasteiger partial charge in [-0.3, -0.25) is 4.79 Å². The molecule has 0 radical (unpaired) electrons. The van der Waals surface area contributed by atoms with Crippen molar-refractivity contribution in [1.29, 1.82) is 0 Å². The second kappa shape index (κ2) is 9.12. The van der Waals surface area contributed by atoms with E-state index in [9.17, 15) is 34.8 Å². The fourth-order valence-electron chi connectivity index (χ4n) is 3.69. The first-order valence-corrected chi connectivity index (χ1v) is 13.7. The van der Waals surface area contributed by atoms with Crippen molar-refractivity contribution in [2.75, 3.05) is 6.26 Å². The lowest BCUT2D eigenvalue weighted by atomic mass is 9.93. The van der Waals surface area contributed by atoms with E-state index in [4.69, 9.17) is 11.6 Å². The Morgan fingerprint density at radius 2 is 1.65 bits per heavy atom. The zero-order chi connectivity index (χ0) is 25.5. The van der Waals surface area contributed by atoms with E-state index in [1.165, 1.54) is 12.1 Å². The SMILES string of the molecule is CS(=O)(=O)c1ccc(C(=O)N[C@H]2CC[C@](F)(S(=O)(=O)c3cccc(C(F)(F)F)c3)CC2)c(Cl)c1. The maximum absolute atomic E-state index is 15.5. The predicted molar refractivity (Wildman–Crippen MR) is 117 cm³/mol. The van der Waals surface area contributed by atoms with Gasteiger partial charge in [0.1, 0.15) is 0 Å². The van der Waals surface area contributed by atoms with Gasteiger partial charge in [-0.05, 0) is 62.1 Å². The number of amides is 1. The molecule has 0 saturated heterocycles. The van der Waals surface area contributed by atoms with Gasteiger partial charge in [0.25, 0.3) is 5.91 Å². The summed E-state index contributed by atoms with van der Waals surface area (Å²) in [6.45, 7) is 0. The van der Waals surface area contributed by atoms with E-state index < -0.39 is 66.1 Å². The molecule has 1 amide bonds. The van der Waals surface area contributed by atoms with Gasteiger partial charge in [0.2, 0.25) is 14.8 Å².